The molecule has 0 bridgehead atoms. The summed E-state index contributed by atoms with van der Waals surface area (Å²) in [6, 6.07) is 21.5. The monoisotopic (exact) mass is 379 g/mol. The molecular weight excluding hydrogens is 362 g/mol. The SMILES string of the molecule is NCc1cc2nc(-c3ccc4ncccc4c3)c(-c3ccccc3)nc2[nH]c1=O. The summed E-state index contributed by atoms with van der Waals surface area (Å²) < 4.78 is 0. The Hall–Kier alpha value is -3.90. The Balaban J connectivity index is 1.83. The second-order valence-corrected chi connectivity index (χ2v) is 6.76. The summed E-state index contributed by atoms with van der Waals surface area (Å²) in [6.45, 7) is 0.143. The summed E-state index contributed by atoms with van der Waals surface area (Å²) in [6.07, 6.45) is 1.78. The Morgan fingerprint density at radius 1 is 0.828 bits per heavy atom. The van der Waals surface area contributed by atoms with Crippen molar-refractivity contribution in [3.63, 3.8) is 0 Å². The number of nitrogens with zero attached hydrogens (tertiary/aromatic N) is 3. The van der Waals surface area contributed by atoms with E-state index in [2.05, 4.69) is 16.0 Å². The van der Waals surface area contributed by atoms with Gasteiger partial charge >= 0.3 is 0 Å². The van der Waals surface area contributed by atoms with Crippen LogP contribution in [0.5, 0.6) is 0 Å². The zero-order valence-corrected chi connectivity index (χ0v) is 15.5. The van der Waals surface area contributed by atoms with Gasteiger partial charge in [0.2, 0.25) is 0 Å². The van der Waals surface area contributed by atoms with E-state index in [1.165, 1.54) is 0 Å². The zero-order valence-electron chi connectivity index (χ0n) is 15.5. The predicted molar refractivity (Wildman–Crippen MR) is 114 cm³/mol. The van der Waals surface area contributed by atoms with E-state index in [4.69, 9.17) is 15.7 Å². The van der Waals surface area contributed by atoms with E-state index in [1.54, 1.807) is 12.3 Å². The number of rotatable bonds is 3. The fourth-order valence-corrected chi connectivity index (χ4v) is 3.43. The molecule has 5 aromatic rings. The number of nitrogens with two attached hydrogens (primary N) is 1. The van der Waals surface area contributed by atoms with Crippen molar-refractivity contribution < 1.29 is 0 Å². The number of aromatic nitrogens is 4. The minimum atomic E-state index is -0.238. The standard InChI is InChI=1S/C23H17N5O/c24-13-17-12-19-22(28-23(17)29)27-20(14-5-2-1-3-6-14)21(26-19)16-8-9-18-15(11-16)7-4-10-25-18/h1-12H,13,24H2,(H,27,28,29). The molecular formula is C23H17N5O. The first-order chi connectivity index (χ1) is 14.2. The molecule has 140 valence electrons. The summed E-state index contributed by atoms with van der Waals surface area (Å²) in [7, 11) is 0. The molecule has 29 heavy (non-hydrogen) atoms. The van der Waals surface area contributed by atoms with E-state index in [0.29, 0.717) is 22.4 Å². The molecule has 0 radical (unpaired) electrons. The summed E-state index contributed by atoms with van der Waals surface area (Å²) in [4.78, 5) is 29.0. The van der Waals surface area contributed by atoms with Gasteiger partial charge in [0.15, 0.2) is 5.65 Å². The molecule has 3 N–H and O–H groups in total. The highest BCUT2D eigenvalue weighted by molar-refractivity contribution is 5.89. The minimum absolute atomic E-state index is 0.143. The van der Waals surface area contributed by atoms with Gasteiger partial charge in [0, 0.05) is 34.8 Å². The highest BCUT2D eigenvalue weighted by Crippen LogP contribution is 2.31. The van der Waals surface area contributed by atoms with Crippen molar-refractivity contribution in [2.45, 2.75) is 6.54 Å². The fourth-order valence-electron chi connectivity index (χ4n) is 3.43. The maximum Gasteiger partial charge on any atom is 0.254 e. The molecule has 0 spiro atoms. The van der Waals surface area contributed by atoms with Crippen LogP contribution in [-0.2, 0) is 6.54 Å². The van der Waals surface area contributed by atoms with E-state index in [1.807, 2.05) is 54.6 Å². The summed E-state index contributed by atoms with van der Waals surface area (Å²) >= 11 is 0. The summed E-state index contributed by atoms with van der Waals surface area (Å²) in [5.41, 5.74) is 11.2. The molecule has 0 fully saturated rings. The maximum atomic E-state index is 12.2. The molecule has 6 heteroatoms. The third-order valence-corrected chi connectivity index (χ3v) is 4.90. The molecule has 6 nitrogen and oxygen atoms in total. The van der Waals surface area contributed by atoms with Crippen molar-refractivity contribution in [3.8, 4) is 22.5 Å². The van der Waals surface area contributed by atoms with Crippen molar-refractivity contribution >= 4 is 22.1 Å². The third-order valence-electron chi connectivity index (χ3n) is 4.90. The van der Waals surface area contributed by atoms with E-state index in [-0.39, 0.29) is 12.1 Å². The molecule has 0 aliphatic rings. The van der Waals surface area contributed by atoms with Crippen LogP contribution in [0.25, 0.3) is 44.6 Å². The van der Waals surface area contributed by atoms with Crippen LogP contribution in [0.2, 0.25) is 0 Å². The van der Waals surface area contributed by atoms with E-state index in [9.17, 15) is 4.79 Å². The number of fused-ring (bicyclic) bond motifs is 2. The minimum Gasteiger partial charge on any atom is -0.326 e. The highest BCUT2D eigenvalue weighted by atomic mass is 16.1. The van der Waals surface area contributed by atoms with Crippen LogP contribution in [0.1, 0.15) is 5.56 Å². The largest absolute Gasteiger partial charge is 0.326 e. The first kappa shape index (κ1) is 17.2. The number of H-pyrrole nitrogens is 1. The van der Waals surface area contributed by atoms with Gasteiger partial charge in [-0.15, -0.1) is 0 Å². The fraction of sp³-hybridized carbons (Fsp3) is 0.0435. The smallest absolute Gasteiger partial charge is 0.254 e. The molecule has 3 aromatic heterocycles. The highest BCUT2D eigenvalue weighted by Gasteiger charge is 2.15. The van der Waals surface area contributed by atoms with Crippen molar-refractivity contribution in [1.82, 2.24) is 19.9 Å². The molecule has 0 atom stereocenters. The van der Waals surface area contributed by atoms with E-state index < -0.39 is 0 Å². The average molecular weight is 379 g/mol. The van der Waals surface area contributed by atoms with Crippen molar-refractivity contribution in [2.24, 2.45) is 5.73 Å². The molecule has 0 aliphatic carbocycles. The lowest BCUT2D eigenvalue weighted by Crippen LogP contribution is -2.16. The number of aromatic amines is 1. The quantitative estimate of drug-likeness (QED) is 0.499. The van der Waals surface area contributed by atoms with Gasteiger partial charge in [-0.3, -0.25) is 9.78 Å². The van der Waals surface area contributed by atoms with Crippen molar-refractivity contribution in [1.29, 1.82) is 0 Å². The zero-order chi connectivity index (χ0) is 19.8. The third kappa shape index (κ3) is 3.05. The van der Waals surface area contributed by atoms with Gasteiger partial charge in [-0.25, -0.2) is 9.97 Å². The summed E-state index contributed by atoms with van der Waals surface area (Å²) in [5.74, 6) is 0. The van der Waals surface area contributed by atoms with Gasteiger partial charge < -0.3 is 10.7 Å². The first-order valence-corrected chi connectivity index (χ1v) is 9.27. The van der Waals surface area contributed by atoms with Crippen LogP contribution >= 0.6 is 0 Å². The maximum absolute atomic E-state index is 12.2. The molecule has 2 aromatic carbocycles. The predicted octanol–water partition coefficient (Wildman–Crippen LogP) is 3.66. The normalized spacial score (nSPS) is 11.2. The van der Waals surface area contributed by atoms with Gasteiger partial charge in [0.25, 0.3) is 5.56 Å². The number of hydrogen-bond donors (Lipinski definition) is 2. The molecule has 0 amide bonds. The number of nitrogens with one attached hydrogen (secondary N) is 1. The van der Waals surface area contributed by atoms with Crippen molar-refractivity contribution in [3.05, 3.63) is 88.8 Å². The molecule has 0 unspecified atom stereocenters. The Morgan fingerprint density at radius 3 is 2.48 bits per heavy atom. The van der Waals surface area contributed by atoms with Crippen LogP contribution < -0.4 is 11.3 Å². The van der Waals surface area contributed by atoms with Crippen molar-refractivity contribution in [2.75, 3.05) is 0 Å². The average Bonchev–Trinajstić information content (AvgIpc) is 2.78. The Kier molecular flexibility index (Phi) is 4.11. The lowest BCUT2D eigenvalue weighted by molar-refractivity contribution is 1.02. The van der Waals surface area contributed by atoms with E-state index >= 15 is 0 Å². The van der Waals surface area contributed by atoms with Gasteiger partial charge in [0.05, 0.1) is 16.9 Å². The summed E-state index contributed by atoms with van der Waals surface area (Å²) in [5, 5.41) is 1.02. The second kappa shape index (κ2) is 6.92. The molecule has 0 saturated carbocycles. The van der Waals surface area contributed by atoms with Gasteiger partial charge in [-0.2, -0.15) is 0 Å². The molecule has 0 saturated heterocycles. The Morgan fingerprint density at radius 2 is 1.66 bits per heavy atom. The first-order valence-electron chi connectivity index (χ1n) is 9.27. The van der Waals surface area contributed by atoms with Crippen LogP contribution in [0, 0.1) is 0 Å². The Labute approximate surface area is 166 Å². The van der Waals surface area contributed by atoms with Gasteiger partial charge in [-0.05, 0) is 24.3 Å². The van der Waals surface area contributed by atoms with Crippen LogP contribution in [-0.4, -0.2) is 19.9 Å². The van der Waals surface area contributed by atoms with Crippen LogP contribution in [0.3, 0.4) is 0 Å². The number of pyridine rings is 2. The Bertz CT molecular complexity index is 1410. The number of hydrogen-bond acceptors (Lipinski definition) is 5. The van der Waals surface area contributed by atoms with Gasteiger partial charge in [-0.1, -0.05) is 42.5 Å². The molecule has 3 heterocycles. The van der Waals surface area contributed by atoms with Crippen LogP contribution in [0.4, 0.5) is 0 Å². The lowest BCUT2D eigenvalue weighted by atomic mass is 10.0. The van der Waals surface area contributed by atoms with Gasteiger partial charge in [0.1, 0.15) is 5.52 Å². The molecule has 5 rings (SSSR count). The van der Waals surface area contributed by atoms with Crippen LogP contribution in [0.15, 0.2) is 77.7 Å². The molecule has 0 aliphatic heterocycles. The van der Waals surface area contributed by atoms with E-state index in [0.717, 1.165) is 27.7 Å². The number of benzene rings is 2. The topological polar surface area (TPSA) is 97.5 Å². The lowest BCUT2D eigenvalue weighted by Gasteiger charge is -2.11. The second-order valence-electron chi connectivity index (χ2n) is 6.76.